The lowest BCUT2D eigenvalue weighted by Crippen LogP contribution is -2.16. The Labute approximate surface area is 129 Å². The van der Waals surface area contributed by atoms with Crippen LogP contribution in [0.1, 0.15) is 21.9 Å². The summed E-state index contributed by atoms with van der Waals surface area (Å²) in [5, 5.41) is 13.5. The average Bonchev–Trinajstić information content (AvgIpc) is 2.89. The van der Waals surface area contributed by atoms with Crippen molar-refractivity contribution in [3.63, 3.8) is 0 Å². The van der Waals surface area contributed by atoms with E-state index in [1.165, 1.54) is 13.3 Å². The fourth-order valence-corrected chi connectivity index (χ4v) is 2.06. The first-order valence-electron chi connectivity index (χ1n) is 5.97. The van der Waals surface area contributed by atoms with Crippen LogP contribution in [-0.2, 0) is 0 Å². The molecule has 0 saturated carbocycles. The summed E-state index contributed by atoms with van der Waals surface area (Å²) in [5.41, 5.74) is 3.00. The summed E-state index contributed by atoms with van der Waals surface area (Å²) in [6.45, 7) is 1.75. The molecule has 7 heteroatoms. The SMILES string of the molecule is COc1cc(/C=N/NC(=O)c2ccc(C)o2)cc(Br)c1O. The molecule has 0 aliphatic carbocycles. The van der Waals surface area contributed by atoms with Crippen molar-refractivity contribution in [3.8, 4) is 11.5 Å². The molecule has 0 fully saturated rings. The van der Waals surface area contributed by atoms with Crippen LogP contribution in [0.5, 0.6) is 11.5 Å². The van der Waals surface area contributed by atoms with E-state index in [-0.39, 0.29) is 11.5 Å². The smallest absolute Gasteiger partial charge is 0.307 e. The van der Waals surface area contributed by atoms with Crippen molar-refractivity contribution < 1.29 is 19.1 Å². The second kappa shape index (κ2) is 6.45. The minimum atomic E-state index is -0.441. The lowest BCUT2D eigenvalue weighted by molar-refractivity contribution is 0.0926. The number of furan rings is 1. The number of ether oxygens (including phenoxy) is 1. The van der Waals surface area contributed by atoms with Crippen LogP contribution in [0.15, 0.2) is 38.3 Å². The third-order valence-electron chi connectivity index (χ3n) is 2.61. The third kappa shape index (κ3) is 3.63. The van der Waals surface area contributed by atoms with Gasteiger partial charge in [0, 0.05) is 0 Å². The molecule has 0 spiro atoms. The fourth-order valence-electron chi connectivity index (χ4n) is 1.60. The highest BCUT2D eigenvalue weighted by Crippen LogP contribution is 2.34. The number of carbonyl (C=O) groups is 1. The maximum atomic E-state index is 11.7. The quantitative estimate of drug-likeness (QED) is 0.654. The Kier molecular flexibility index (Phi) is 4.64. The molecule has 6 nitrogen and oxygen atoms in total. The van der Waals surface area contributed by atoms with E-state index in [9.17, 15) is 9.90 Å². The largest absolute Gasteiger partial charge is 0.503 e. The van der Waals surface area contributed by atoms with Crippen LogP contribution in [0, 0.1) is 6.92 Å². The third-order valence-corrected chi connectivity index (χ3v) is 3.22. The van der Waals surface area contributed by atoms with Crippen molar-refractivity contribution >= 4 is 28.1 Å². The van der Waals surface area contributed by atoms with Crippen LogP contribution in [-0.4, -0.2) is 24.3 Å². The highest BCUT2D eigenvalue weighted by molar-refractivity contribution is 9.10. The van der Waals surface area contributed by atoms with Crippen LogP contribution in [0.2, 0.25) is 0 Å². The molecule has 110 valence electrons. The van der Waals surface area contributed by atoms with Crippen molar-refractivity contribution in [2.75, 3.05) is 7.11 Å². The molecule has 2 rings (SSSR count). The number of aryl methyl sites for hydroxylation is 1. The number of nitrogens with one attached hydrogen (secondary N) is 1. The summed E-state index contributed by atoms with van der Waals surface area (Å²) in [6, 6.07) is 6.50. The van der Waals surface area contributed by atoms with E-state index in [2.05, 4.69) is 26.5 Å². The van der Waals surface area contributed by atoms with Gasteiger partial charge in [-0.05, 0) is 52.7 Å². The van der Waals surface area contributed by atoms with Gasteiger partial charge in [-0.25, -0.2) is 5.43 Å². The van der Waals surface area contributed by atoms with Gasteiger partial charge >= 0.3 is 5.91 Å². The van der Waals surface area contributed by atoms with E-state index in [1.807, 2.05) is 0 Å². The normalized spacial score (nSPS) is 10.8. The summed E-state index contributed by atoms with van der Waals surface area (Å²) >= 11 is 3.20. The number of hydrogen-bond donors (Lipinski definition) is 2. The summed E-state index contributed by atoms with van der Waals surface area (Å²) in [6.07, 6.45) is 1.43. The lowest BCUT2D eigenvalue weighted by atomic mass is 10.2. The Morgan fingerprint density at radius 1 is 1.48 bits per heavy atom. The molecular weight excluding hydrogens is 340 g/mol. The molecule has 21 heavy (non-hydrogen) atoms. The number of phenols is 1. The number of carbonyl (C=O) groups excluding carboxylic acids is 1. The Balaban J connectivity index is 2.08. The molecule has 0 atom stereocenters. The van der Waals surface area contributed by atoms with Crippen LogP contribution in [0.4, 0.5) is 0 Å². The molecular formula is C14H13BrN2O4. The van der Waals surface area contributed by atoms with Crippen LogP contribution < -0.4 is 10.2 Å². The summed E-state index contributed by atoms with van der Waals surface area (Å²) in [5.74, 6) is 0.707. The molecule has 0 aliphatic rings. The van der Waals surface area contributed by atoms with Crippen LogP contribution >= 0.6 is 15.9 Å². The van der Waals surface area contributed by atoms with Gasteiger partial charge in [0.25, 0.3) is 0 Å². The number of aromatic hydroxyl groups is 1. The Morgan fingerprint density at radius 2 is 2.24 bits per heavy atom. The monoisotopic (exact) mass is 352 g/mol. The van der Waals surface area contributed by atoms with Gasteiger partial charge < -0.3 is 14.3 Å². The Morgan fingerprint density at radius 3 is 2.86 bits per heavy atom. The number of rotatable bonds is 4. The predicted octanol–water partition coefficient (Wildman–Crippen LogP) is 2.83. The van der Waals surface area contributed by atoms with Gasteiger partial charge in [0.2, 0.25) is 0 Å². The zero-order valence-electron chi connectivity index (χ0n) is 11.4. The molecule has 1 aromatic carbocycles. The molecule has 0 aliphatic heterocycles. The number of methoxy groups -OCH3 is 1. The second-order valence-electron chi connectivity index (χ2n) is 4.16. The zero-order chi connectivity index (χ0) is 15.4. The Hall–Kier alpha value is -2.28. The minimum absolute atomic E-state index is 0.00439. The predicted molar refractivity (Wildman–Crippen MR) is 80.9 cm³/mol. The molecule has 1 heterocycles. The highest BCUT2D eigenvalue weighted by Gasteiger charge is 2.09. The van der Waals surface area contributed by atoms with Crippen LogP contribution in [0.25, 0.3) is 0 Å². The number of benzene rings is 1. The van der Waals surface area contributed by atoms with E-state index in [1.54, 1.807) is 31.2 Å². The van der Waals surface area contributed by atoms with E-state index in [4.69, 9.17) is 9.15 Å². The molecule has 2 N–H and O–H groups in total. The van der Waals surface area contributed by atoms with Gasteiger partial charge in [-0.2, -0.15) is 5.10 Å². The van der Waals surface area contributed by atoms with E-state index in [0.29, 0.717) is 21.5 Å². The summed E-state index contributed by atoms with van der Waals surface area (Å²) in [7, 11) is 1.45. The van der Waals surface area contributed by atoms with Crippen LogP contribution in [0.3, 0.4) is 0 Å². The minimum Gasteiger partial charge on any atom is -0.503 e. The molecule has 1 amide bonds. The standard InChI is InChI=1S/C14H13BrN2O4/c1-8-3-4-11(21-8)14(19)17-16-7-9-5-10(15)13(18)12(6-9)20-2/h3-7,18H,1-2H3,(H,17,19)/b16-7+. The molecule has 0 saturated heterocycles. The number of hydrazone groups is 1. The molecule has 2 aromatic rings. The van der Waals surface area contributed by atoms with Crippen molar-refractivity contribution in [1.29, 1.82) is 0 Å². The van der Waals surface area contributed by atoms with E-state index >= 15 is 0 Å². The number of nitrogens with zero attached hydrogens (tertiary/aromatic N) is 1. The average molecular weight is 353 g/mol. The van der Waals surface area contributed by atoms with Gasteiger partial charge in [0.15, 0.2) is 17.3 Å². The summed E-state index contributed by atoms with van der Waals surface area (Å²) < 4.78 is 10.7. The Bertz CT molecular complexity index is 694. The second-order valence-corrected chi connectivity index (χ2v) is 5.02. The van der Waals surface area contributed by atoms with Crippen molar-refractivity contribution in [1.82, 2.24) is 5.43 Å². The summed E-state index contributed by atoms with van der Waals surface area (Å²) in [4.78, 5) is 11.7. The van der Waals surface area contributed by atoms with Crippen molar-refractivity contribution in [2.45, 2.75) is 6.92 Å². The molecule has 0 radical (unpaired) electrons. The number of phenolic OH excluding ortho intramolecular Hbond substituents is 1. The fraction of sp³-hybridized carbons (Fsp3) is 0.143. The first-order valence-corrected chi connectivity index (χ1v) is 6.77. The molecule has 1 aromatic heterocycles. The first-order chi connectivity index (χ1) is 10.0. The van der Waals surface area contributed by atoms with Gasteiger partial charge in [-0.15, -0.1) is 0 Å². The number of amides is 1. The van der Waals surface area contributed by atoms with Gasteiger partial charge in [0.1, 0.15) is 5.76 Å². The van der Waals surface area contributed by atoms with E-state index < -0.39 is 5.91 Å². The molecule has 0 bridgehead atoms. The van der Waals surface area contributed by atoms with Gasteiger partial charge in [-0.3, -0.25) is 4.79 Å². The maximum absolute atomic E-state index is 11.7. The van der Waals surface area contributed by atoms with Crippen molar-refractivity contribution in [2.24, 2.45) is 5.10 Å². The topological polar surface area (TPSA) is 84.1 Å². The van der Waals surface area contributed by atoms with Crippen molar-refractivity contribution in [3.05, 3.63) is 45.8 Å². The number of hydrogen-bond acceptors (Lipinski definition) is 5. The number of halogens is 1. The molecule has 0 unspecified atom stereocenters. The lowest BCUT2D eigenvalue weighted by Gasteiger charge is -2.06. The highest BCUT2D eigenvalue weighted by atomic mass is 79.9. The first kappa shape index (κ1) is 15.1. The van der Waals surface area contributed by atoms with Gasteiger partial charge in [0.05, 0.1) is 17.8 Å². The van der Waals surface area contributed by atoms with Gasteiger partial charge in [-0.1, -0.05) is 0 Å². The maximum Gasteiger partial charge on any atom is 0.307 e. The van der Waals surface area contributed by atoms with E-state index in [0.717, 1.165) is 0 Å². The zero-order valence-corrected chi connectivity index (χ0v) is 13.0.